The van der Waals surface area contributed by atoms with E-state index in [1.165, 1.54) is 6.07 Å². The van der Waals surface area contributed by atoms with Crippen LogP contribution in [-0.4, -0.2) is 48.6 Å². The number of Topliss-reactive ketones (excluding diaryl/α,β-unsaturated/α-hetero) is 3. The predicted octanol–water partition coefficient (Wildman–Crippen LogP) is 2.46. The van der Waals surface area contributed by atoms with Gasteiger partial charge in [-0.2, -0.15) is 0 Å². The zero-order chi connectivity index (χ0) is 21.0. The van der Waals surface area contributed by atoms with Crippen LogP contribution >= 0.6 is 0 Å². The topological polar surface area (TPSA) is 101 Å². The summed E-state index contributed by atoms with van der Waals surface area (Å²) in [6.45, 7) is 3.51. The van der Waals surface area contributed by atoms with Crippen molar-refractivity contribution < 1.29 is 29.0 Å². The van der Waals surface area contributed by atoms with Crippen LogP contribution in [0.5, 0.6) is 5.75 Å². The molecule has 0 saturated carbocycles. The molecule has 0 spiro atoms. The van der Waals surface area contributed by atoms with Crippen LogP contribution in [0.3, 0.4) is 0 Å². The van der Waals surface area contributed by atoms with Crippen LogP contribution < -0.4 is 4.90 Å². The normalized spacial score (nSPS) is 22.3. The van der Waals surface area contributed by atoms with E-state index in [1.54, 1.807) is 38.9 Å². The van der Waals surface area contributed by atoms with E-state index in [1.807, 2.05) is 0 Å². The molecule has 0 fully saturated rings. The highest BCUT2D eigenvalue weighted by atomic mass is 16.5. The summed E-state index contributed by atoms with van der Waals surface area (Å²) in [6, 6.07) is 3.25. The molecular formula is C21H27NO6. The van der Waals surface area contributed by atoms with Gasteiger partial charge < -0.3 is 14.7 Å². The molecular weight excluding hydrogens is 362 g/mol. The quantitative estimate of drug-likeness (QED) is 0.581. The third-order valence-corrected chi connectivity index (χ3v) is 5.18. The van der Waals surface area contributed by atoms with Crippen LogP contribution in [0.1, 0.15) is 55.5 Å². The van der Waals surface area contributed by atoms with E-state index in [2.05, 4.69) is 0 Å². The molecule has 1 heterocycles. The Morgan fingerprint density at radius 3 is 2.29 bits per heavy atom. The van der Waals surface area contributed by atoms with Gasteiger partial charge in [0.1, 0.15) is 17.4 Å². The highest BCUT2D eigenvalue weighted by molar-refractivity contribution is 6.63. The summed E-state index contributed by atoms with van der Waals surface area (Å²) in [7, 11) is 3.61. The lowest BCUT2D eigenvalue weighted by molar-refractivity contribution is -0.144. The Balaban J connectivity index is 2.43. The highest BCUT2D eigenvalue weighted by Crippen LogP contribution is 2.31. The van der Waals surface area contributed by atoms with Crippen LogP contribution in [0, 0.1) is 5.92 Å². The summed E-state index contributed by atoms with van der Waals surface area (Å²) in [6.07, 6.45) is 0.233. The molecule has 0 amide bonds. The number of carbonyl (C=O) groups excluding carboxylic acids is 4. The van der Waals surface area contributed by atoms with E-state index in [0.717, 1.165) is 0 Å². The summed E-state index contributed by atoms with van der Waals surface area (Å²) < 4.78 is 5.52. The maximum absolute atomic E-state index is 12.7. The third-order valence-electron chi connectivity index (χ3n) is 5.18. The predicted molar refractivity (Wildman–Crippen MR) is 104 cm³/mol. The minimum atomic E-state index is -0.959. The van der Waals surface area contributed by atoms with Crippen molar-refractivity contribution in [3.63, 3.8) is 0 Å². The Kier molecular flexibility index (Phi) is 6.94. The number of phenols is 1. The van der Waals surface area contributed by atoms with Crippen LogP contribution in [0.15, 0.2) is 12.1 Å². The molecule has 1 aromatic rings. The Hall–Kier alpha value is -2.70. The molecule has 2 rings (SSSR count). The van der Waals surface area contributed by atoms with E-state index in [-0.39, 0.29) is 42.9 Å². The first-order valence-electron chi connectivity index (χ1n) is 9.46. The monoisotopic (exact) mass is 389 g/mol. The summed E-state index contributed by atoms with van der Waals surface area (Å²) in [5.74, 6) is -3.37. The van der Waals surface area contributed by atoms with Crippen molar-refractivity contribution in [3.8, 4) is 5.75 Å². The van der Waals surface area contributed by atoms with Gasteiger partial charge in [0.2, 0.25) is 11.6 Å². The molecule has 7 nitrogen and oxygen atoms in total. The zero-order valence-electron chi connectivity index (χ0n) is 16.8. The fourth-order valence-corrected chi connectivity index (χ4v) is 3.12. The Morgan fingerprint density at radius 2 is 1.64 bits per heavy atom. The van der Waals surface area contributed by atoms with Crippen molar-refractivity contribution >= 4 is 29.0 Å². The molecule has 0 aromatic heterocycles. The van der Waals surface area contributed by atoms with Gasteiger partial charge in [-0.3, -0.25) is 14.4 Å². The van der Waals surface area contributed by atoms with Gasteiger partial charge >= 0.3 is 5.97 Å². The number of benzene rings is 1. The number of nitrogens with zero attached hydrogens (tertiary/aromatic N) is 1. The van der Waals surface area contributed by atoms with E-state index >= 15 is 0 Å². The second-order valence-electron chi connectivity index (χ2n) is 7.55. The number of phenolic OH excluding ortho intramolecular Hbond substituents is 1. The smallest absolute Gasteiger partial charge is 0.342 e. The molecule has 7 heteroatoms. The number of esters is 1. The molecule has 0 bridgehead atoms. The van der Waals surface area contributed by atoms with Crippen LogP contribution in [0.2, 0.25) is 0 Å². The molecule has 0 aliphatic carbocycles. The number of ether oxygens (including phenoxy) is 1. The molecule has 0 unspecified atom stereocenters. The highest BCUT2D eigenvalue weighted by Gasteiger charge is 2.27. The summed E-state index contributed by atoms with van der Waals surface area (Å²) in [4.78, 5) is 50.5. The lowest BCUT2D eigenvalue weighted by Crippen LogP contribution is -2.27. The first-order chi connectivity index (χ1) is 13.1. The minimum absolute atomic E-state index is 0.0539. The van der Waals surface area contributed by atoms with Crippen LogP contribution in [0.25, 0.3) is 0 Å². The van der Waals surface area contributed by atoms with Gasteiger partial charge in [-0.1, -0.05) is 6.92 Å². The summed E-state index contributed by atoms with van der Waals surface area (Å²) in [5.41, 5.74) is 1.32. The third kappa shape index (κ3) is 4.97. The number of cyclic esters (lactones) is 1. The lowest BCUT2D eigenvalue weighted by Gasteiger charge is -2.22. The molecule has 0 saturated heterocycles. The lowest BCUT2D eigenvalue weighted by atomic mass is 9.94. The van der Waals surface area contributed by atoms with Gasteiger partial charge in [-0.15, -0.1) is 0 Å². The van der Waals surface area contributed by atoms with Crippen LogP contribution in [0.4, 0.5) is 5.69 Å². The van der Waals surface area contributed by atoms with Gasteiger partial charge in [0, 0.05) is 38.7 Å². The summed E-state index contributed by atoms with van der Waals surface area (Å²) >= 11 is 0. The average molecular weight is 389 g/mol. The Bertz CT molecular complexity index is 798. The number of hydrogen-bond donors (Lipinski definition) is 1. The number of fused-ring (bicyclic) bond motifs is 1. The fourth-order valence-electron chi connectivity index (χ4n) is 3.12. The van der Waals surface area contributed by atoms with Gasteiger partial charge in [-0.05, 0) is 43.7 Å². The molecule has 1 aromatic carbocycles. The standard InChI is InChI=1S/C21H27NO6/c1-12-8-9-17(24)20(26)16(23)7-5-6-14-10-15(22(3)4)11-18(25)19(14)21(27)28-13(12)2/h10-13,25H,5-9H2,1-4H3/t12-,13+/m1/s1. The van der Waals surface area contributed by atoms with E-state index in [4.69, 9.17) is 4.74 Å². The van der Waals surface area contributed by atoms with Crippen molar-refractivity contribution in [1.82, 2.24) is 0 Å². The van der Waals surface area contributed by atoms with Crippen molar-refractivity contribution in [3.05, 3.63) is 23.3 Å². The van der Waals surface area contributed by atoms with Gasteiger partial charge in [0.05, 0.1) is 0 Å². The van der Waals surface area contributed by atoms with Crippen molar-refractivity contribution in [2.45, 2.75) is 52.1 Å². The van der Waals surface area contributed by atoms with E-state index in [9.17, 15) is 24.3 Å². The minimum Gasteiger partial charge on any atom is -0.507 e. The number of rotatable bonds is 1. The summed E-state index contributed by atoms with van der Waals surface area (Å²) in [5, 5.41) is 10.4. The Morgan fingerprint density at radius 1 is 1.00 bits per heavy atom. The number of aryl methyl sites for hydroxylation is 1. The largest absolute Gasteiger partial charge is 0.507 e. The van der Waals surface area contributed by atoms with Crippen LogP contribution in [-0.2, 0) is 25.5 Å². The number of anilines is 1. The number of aromatic hydroxyl groups is 1. The molecule has 2 atom stereocenters. The van der Waals surface area contributed by atoms with Crippen molar-refractivity contribution in [2.24, 2.45) is 5.92 Å². The fraction of sp³-hybridized carbons (Fsp3) is 0.524. The van der Waals surface area contributed by atoms with Gasteiger partial charge in [0.15, 0.2) is 0 Å². The second-order valence-corrected chi connectivity index (χ2v) is 7.55. The molecule has 152 valence electrons. The number of carbonyl (C=O) groups is 4. The van der Waals surface area contributed by atoms with E-state index in [0.29, 0.717) is 17.7 Å². The molecule has 0 radical (unpaired) electrons. The zero-order valence-corrected chi connectivity index (χ0v) is 16.8. The molecule has 1 N–H and O–H groups in total. The molecule has 1 aliphatic rings. The first kappa shape index (κ1) is 21.6. The first-order valence-corrected chi connectivity index (χ1v) is 9.46. The maximum atomic E-state index is 12.7. The Labute approximate surface area is 164 Å². The SMILES string of the molecule is C[C@@H]1CCC(=O)C(=O)C(=O)CCCc2cc(N(C)C)cc(O)c2C(=O)O[C@H]1C. The van der Waals surface area contributed by atoms with E-state index < -0.39 is 29.4 Å². The number of hydrogen-bond acceptors (Lipinski definition) is 7. The van der Waals surface area contributed by atoms with Gasteiger partial charge in [0.25, 0.3) is 5.78 Å². The van der Waals surface area contributed by atoms with Crippen molar-refractivity contribution in [1.29, 1.82) is 0 Å². The maximum Gasteiger partial charge on any atom is 0.342 e. The molecule has 28 heavy (non-hydrogen) atoms. The van der Waals surface area contributed by atoms with Gasteiger partial charge in [-0.25, -0.2) is 4.79 Å². The number of ketones is 3. The molecule has 1 aliphatic heterocycles. The average Bonchev–Trinajstić information content (AvgIpc) is 2.63. The second kappa shape index (κ2) is 8.99. The van der Waals surface area contributed by atoms with Crippen molar-refractivity contribution in [2.75, 3.05) is 19.0 Å².